The van der Waals surface area contributed by atoms with E-state index >= 15 is 0 Å². The summed E-state index contributed by atoms with van der Waals surface area (Å²) in [7, 11) is 2.30. The quantitative estimate of drug-likeness (QED) is 0.803. The Labute approximate surface area is 162 Å². The number of ether oxygens (including phenoxy) is 1. The third kappa shape index (κ3) is 4.21. The summed E-state index contributed by atoms with van der Waals surface area (Å²) < 4.78 is 34.9. The summed E-state index contributed by atoms with van der Waals surface area (Å²) in [5.74, 6) is 0. The van der Waals surface area contributed by atoms with Crippen LogP contribution in [-0.2, 0) is 14.8 Å². The van der Waals surface area contributed by atoms with Gasteiger partial charge >= 0.3 is 0 Å². The summed E-state index contributed by atoms with van der Waals surface area (Å²) in [6.07, 6.45) is 0.563. The van der Waals surface area contributed by atoms with Crippen LogP contribution in [0.3, 0.4) is 0 Å². The highest BCUT2D eigenvalue weighted by atomic mass is 32.2. The fourth-order valence-corrected chi connectivity index (χ4v) is 5.72. The molecule has 2 fully saturated rings. The Morgan fingerprint density at radius 2 is 1.85 bits per heavy atom. The second-order valence-corrected chi connectivity index (χ2v) is 9.90. The molecule has 2 atom stereocenters. The van der Waals surface area contributed by atoms with Crippen LogP contribution in [0.2, 0.25) is 0 Å². The van der Waals surface area contributed by atoms with Crippen LogP contribution < -0.4 is 0 Å². The molecule has 0 radical (unpaired) electrons. The van der Waals surface area contributed by atoms with Crippen molar-refractivity contribution in [3.8, 4) is 0 Å². The van der Waals surface area contributed by atoms with Crippen molar-refractivity contribution in [3.05, 3.63) is 29.8 Å². The molecule has 7 nitrogen and oxygen atoms in total. The SMILES string of the molecule is CC(O)c1ccc(S(=O)(=O)N2CC(CN(C)C)OC23CCN(C)CC3)cc1. The molecule has 1 aromatic rings. The number of nitrogens with zero attached hydrogens (tertiary/aromatic N) is 3. The predicted octanol–water partition coefficient (Wildman–Crippen LogP) is 1.11. The van der Waals surface area contributed by atoms with Gasteiger partial charge in [0, 0.05) is 39.0 Å². The molecular weight excluding hydrogens is 366 g/mol. The third-order valence-corrected chi connectivity index (χ3v) is 7.43. The van der Waals surface area contributed by atoms with Crippen molar-refractivity contribution < 1.29 is 18.3 Å². The molecule has 3 rings (SSSR count). The number of hydrogen-bond acceptors (Lipinski definition) is 6. The summed E-state index contributed by atoms with van der Waals surface area (Å²) >= 11 is 0. The summed E-state index contributed by atoms with van der Waals surface area (Å²) in [5.41, 5.74) is -0.0688. The zero-order chi connectivity index (χ0) is 19.8. The minimum Gasteiger partial charge on any atom is -0.389 e. The number of likely N-dealkylation sites (tertiary alicyclic amines) is 1. The number of aliphatic hydroxyl groups excluding tert-OH is 1. The molecule has 2 aliphatic heterocycles. The molecule has 0 amide bonds. The van der Waals surface area contributed by atoms with E-state index in [4.69, 9.17) is 4.74 Å². The van der Waals surface area contributed by atoms with E-state index in [1.807, 2.05) is 26.0 Å². The van der Waals surface area contributed by atoms with Gasteiger partial charge in [-0.2, -0.15) is 4.31 Å². The van der Waals surface area contributed by atoms with Crippen molar-refractivity contribution in [1.29, 1.82) is 0 Å². The van der Waals surface area contributed by atoms with Gasteiger partial charge in [0.1, 0.15) is 5.72 Å². The number of sulfonamides is 1. The Kier molecular flexibility index (Phi) is 5.96. The van der Waals surface area contributed by atoms with Crippen molar-refractivity contribution in [2.75, 3.05) is 47.3 Å². The number of aliphatic hydroxyl groups is 1. The molecule has 2 heterocycles. The molecule has 8 heteroatoms. The molecule has 1 spiro atoms. The molecule has 0 saturated carbocycles. The molecule has 27 heavy (non-hydrogen) atoms. The van der Waals surface area contributed by atoms with E-state index in [1.54, 1.807) is 35.5 Å². The predicted molar refractivity (Wildman–Crippen MR) is 104 cm³/mol. The summed E-state index contributed by atoms with van der Waals surface area (Å²) in [4.78, 5) is 4.48. The first-order valence-electron chi connectivity index (χ1n) is 9.46. The van der Waals surface area contributed by atoms with E-state index in [2.05, 4.69) is 4.90 Å². The maximum absolute atomic E-state index is 13.5. The van der Waals surface area contributed by atoms with Gasteiger partial charge in [0.15, 0.2) is 0 Å². The average molecular weight is 398 g/mol. The van der Waals surface area contributed by atoms with Gasteiger partial charge in [0.2, 0.25) is 10.0 Å². The van der Waals surface area contributed by atoms with Gasteiger partial charge in [-0.25, -0.2) is 8.42 Å². The Morgan fingerprint density at radius 1 is 1.26 bits per heavy atom. The van der Waals surface area contributed by atoms with Crippen molar-refractivity contribution in [3.63, 3.8) is 0 Å². The van der Waals surface area contributed by atoms with Crippen molar-refractivity contribution >= 4 is 10.0 Å². The molecule has 0 bridgehead atoms. The summed E-state index contributed by atoms with van der Waals surface area (Å²) in [6.45, 7) is 4.33. The van der Waals surface area contributed by atoms with E-state index in [9.17, 15) is 13.5 Å². The highest BCUT2D eigenvalue weighted by Gasteiger charge is 2.53. The van der Waals surface area contributed by atoms with E-state index < -0.39 is 21.9 Å². The number of benzene rings is 1. The lowest BCUT2D eigenvalue weighted by atomic mass is 10.0. The number of hydrogen-bond donors (Lipinski definition) is 1. The van der Waals surface area contributed by atoms with E-state index in [1.165, 1.54) is 0 Å². The van der Waals surface area contributed by atoms with E-state index in [-0.39, 0.29) is 11.0 Å². The molecule has 2 saturated heterocycles. The molecule has 0 aromatic heterocycles. The van der Waals surface area contributed by atoms with Crippen LogP contribution in [0, 0.1) is 0 Å². The third-order valence-electron chi connectivity index (χ3n) is 5.50. The monoisotopic (exact) mass is 397 g/mol. The number of piperidine rings is 1. The van der Waals surface area contributed by atoms with Crippen LogP contribution in [-0.4, -0.2) is 86.8 Å². The van der Waals surface area contributed by atoms with Crippen molar-refractivity contribution in [2.45, 2.75) is 42.6 Å². The van der Waals surface area contributed by atoms with Crippen LogP contribution in [0.15, 0.2) is 29.2 Å². The second-order valence-electron chi connectivity index (χ2n) is 8.03. The lowest BCUT2D eigenvalue weighted by molar-refractivity contribution is -0.114. The fraction of sp³-hybridized carbons (Fsp3) is 0.684. The van der Waals surface area contributed by atoms with Crippen molar-refractivity contribution in [1.82, 2.24) is 14.1 Å². The minimum atomic E-state index is -3.69. The molecule has 1 aromatic carbocycles. The molecule has 1 N–H and O–H groups in total. The highest BCUT2D eigenvalue weighted by Crippen LogP contribution is 2.40. The first kappa shape index (κ1) is 20.7. The Bertz CT molecular complexity index is 741. The van der Waals surface area contributed by atoms with Gasteiger partial charge in [0.05, 0.1) is 17.1 Å². The van der Waals surface area contributed by atoms with Crippen LogP contribution in [0.4, 0.5) is 0 Å². The van der Waals surface area contributed by atoms with Crippen LogP contribution in [0.25, 0.3) is 0 Å². The Hall–Kier alpha value is -1.03. The molecule has 152 valence electrons. The van der Waals surface area contributed by atoms with Crippen LogP contribution >= 0.6 is 0 Å². The highest BCUT2D eigenvalue weighted by molar-refractivity contribution is 7.89. The lowest BCUT2D eigenvalue weighted by Gasteiger charge is -2.42. The molecule has 0 aliphatic carbocycles. The summed E-state index contributed by atoms with van der Waals surface area (Å²) in [5, 5.41) is 9.68. The van der Waals surface area contributed by atoms with Gasteiger partial charge in [-0.1, -0.05) is 12.1 Å². The van der Waals surface area contributed by atoms with Gasteiger partial charge in [-0.05, 0) is 45.8 Å². The largest absolute Gasteiger partial charge is 0.389 e. The molecule has 2 unspecified atom stereocenters. The Balaban J connectivity index is 1.92. The lowest BCUT2D eigenvalue weighted by Crippen LogP contribution is -2.54. The molecular formula is C19H31N3O4S. The van der Waals surface area contributed by atoms with Crippen LogP contribution in [0.5, 0.6) is 0 Å². The second kappa shape index (κ2) is 7.77. The minimum absolute atomic E-state index is 0.144. The summed E-state index contributed by atoms with van der Waals surface area (Å²) in [6, 6.07) is 6.51. The molecule has 2 aliphatic rings. The zero-order valence-corrected chi connectivity index (χ0v) is 17.4. The topological polar surface area (TPSA) is 73.3 Å². The first-order chi connectivity index (χ1) is 12.6. The Morgan fingerprint density at radius 3 is 2.37 bits per heavy atom. The number of likely N-dealkylation sites (N-methyl/N-ethyl adjacent to an activating group) is 1. The zero-order valence-electron chi connectivity index (χ0n) is 16.6. The van der Waals surface area contributed by atoms with Gasteiger partial charge in [0.25, 0.3) is 0 Å². The smallest absolute Gasteiger partial charge is 0.245 e. The van der Waals surface area contributed by atoms with E-state index in [0.717, 1.165) is 13.1 Å². The van der Waals surface area contributed by atoms with E-state index in [0.29, 0.717) is 31.5 Å². The number of rotatable bonds is 5. The van der Waals surface area contributed by atoms with Crippen molar-refractivity contribution in [2.24, 2.45) is 0 Å². The van der Waals surface area contributed by atoms with Gasteiger partial charge < -0.3 is 19.6 Å². The normalized spacial score (nSPS) is 25.3. The van der Waals surface area contributed by atoms with Crippen LogP contribution in [0.1, 0.15) is 31.4 Å². The average Bonchev–Trinajstić information content (AvgIpc) is 2.96. The maximum atomic E-state index is 13.5. The van der Waals surface area contributed by atoms with Gasteiger partial charge in [-0.15, -0.1) is 0 Å². The first-order valence-corrected chi connectivity index (χ1v) is 10.9. The maximum Gasteiger partial charge on any atom is 0.245 e. The fourth-order valence-electron chi connectivity index (χ4n) is 3.96. The standard InChI is InChI=1S/C19H31N3O4S/c1-15(23)16-5-7-18(8-6-16)27(24,25)22-14-17(13-20(2)3)26-19(22)9-11-21(4)12-10-19/h5-8,15,17,23H,9-14H2,1-4H3. The van der Waals surface area contributed by atoms with Gasteiger partial charge in [-0.3, -0.25) is 0 Å².